The fraction of sp³-hybridized carbons (Fsp3) is 0.548. The number of hydrogen-bond acceptors (Lipinski definition) is 6. The number of aliphatic carboxylic acids is 1. The van der Waals surface area contributed by atoms with Crippen molar-refractivity contribution in [2.24, 2.45) is 5.92 Å². The van der Waals surface area contributed by atoms with Crippen molar-refractivity contribution in [3.63, 3.8) is 0 Å². The summed E-state index contributed by atoms with van der Waals surface area (Å²) in [6, 6.07) is 12.3. The molecule has 3 N–H and O–H groups in total. The number of rotatable bonds is 15. The Hall–Kier alpha value is -1.76. The number of carboxylic acids is 1. The zero-order chi connectivity index (χ0) is 29.1. The van der Waals surface area contributed by atoms with Crippen LogP contribution < -0.4 is 10.6 Å². The van der Waals surface area contributed by atoms with Gasteiger partial charge in [-0.1, -0.05) is 69.4 Å². The predicted molar refractivity (Wildman–Crippen MR) is 172 cm³/mol. The van der Waals surface area contributed by atoms with E-state index < -0.39 is 27.8 Å². The van der Waals surface area contributed by atoms with Crippen molar-refractivity contribution in [3.05, 3.63) is 59.2 Å². The van der Waals surface area contributed by atoms with Crippen molar-refractivity contribution in [1.29, 1.82) is 0 Å². The fourth-order valence-electron chi connectivity index (χ4n) is 5.45. The van der Waals surface area contributed by atoms with E-state index in [2.05, 4.69) is 10.6 Å². The number of amides is 1. The van der Waals surface area contributed by atoms with Gasteiger partial charge in [0.15, 0.2) is 9.84 Å². The number of carbonyl (C=O) groups excluding carboxylic acids is 1. The van der Waals surface area contributed by atoms with E-state index in [-0.39, 0.29) is 36.4 Å². The van der Waals surface area contributed by atoms with Crippen LogP contribution in [0.15, 0.2) is 42.5 Å². The Morgan fingerprint density at radius 1 is 1.07 bits per heavy atom. The van der Waals surface area contributed by atoms with Gasteiger partial charge < -0.3 is 15.7 Å². The van der Waals surface area contributed by atoms with Crippen LogP contribution in [0.4, 0.5) is 0 Å². The van der Waals surface area contributed by atoms with E-state index in [1.165, 1.54) is 31.0 Å². The third-order valence-corrected chi connectivity index (χ3v) is 10.2. The van der Waals surface area contributed by atoms with E-state index in [9.17, 15) is 23.1 Å². The average Bonchev–Trinajstić information content (AvgIpc) is 2.94. The summed E-state index contributed by atoms with van der Waals surface area (Å²) in [5.41, 5.74) is 3.99. The molecular formula is C31H45LiN2O5S2. The predicted octanol–water partition coefficient (Wildman–Crippen LogP) is 4.81. The molecule has 0 heterocycles. The normalized spacial score (nSPS) is 15.5. The number of hydrogen-bond donors (Lipinski definition) is 3. The quantitative estimate of drug-likeness (QED) is 0.253. The number of sulfone groups is 1. The van der Waals surface area contributed by atoms with Gasteiger partial charge in [-0.25, -0.2) is 13.2 Å². The Morgan fingerprint density at radius 2 is 1.78 bits per heavy atom. The van der Waals surface area contributed by atoms with Gasteiger partial charge in [0.1, 0.15) is 6.04 Å². The van der Waals surface area contributed by atoms with Gasteiger partial charge in [-0.2, -0.15) is 11.8 Å². The first-order valence-corrected chi connectivity index (χ1v) is 17.5. The first-order chi connectivity index (χ1) is 19.1. The molecule has 1 aliphatic rings. The molecule has 1 fully saturated rings. The molecule has 7 nitrogen and oxygen atoms in total. The molecule has 0 aliphatic heterocycles. The second-order valence-corrected chi connectivity index (χ2v) is 14.2. The van der Waals surface area contributed by atoms with Crippen molar-refractivity contribution >= 4 is 52.3 Å². The van der Waals surface area contributed by atoms with E-state index in [1.807, 2.05) is 49.6 Å². The van der Waals surface area contributed by atoms with Crippen LogP contribution in [0, 0.1) is 12.8 Å². The summed E-state index contributed by atoms with van der Waals surface area (Å²) in [5, 5.41) is 15.9. The SMILES string of the molecule is CCS(=O)(=O)CC(CC1CCCCC1)NCc1ccc(C(=O)N[C@@H](CCSC)C(=O)O)c(-c2ccccc2C)c1.[LiH]. The van der Waals surface area contributed by atoms with Gasteiger partial charge in [-0.3, -0.25) is 4.79 Å². The molecule has 10 heteroatoms. The second-order valence-electron chi connectivity index (χ2n) is 10.9. The molecule has 3 rings (SSSR count). The molecule has 2 aromatic carbocycles. The third-order valence-electron chi connectivity index (χ3n) is 7.81. The van der Waals surface area contributed by atoms with Gasteiger partial charge >= 0.3 is 24.8 Å². The number of nitrogens with one attached hydrogen (secondary N) is 2. The van der Waals surface area contributed by atoms with Crippen molar-refractivity contribution in [2.45, 2.75) is 77.4 Å². The van der Waals surface area contributed by atoms with Crippen LogP contribution in [0.3, 0.4) is 0 Å². The minimum atomic E-state index is -3.14. The first kappa shape index (κ1) is 35.4. The van der Waals surface area contributed by atoms with Crippen molar-refractivity contribution in [2.75, 3.05) is 23.5 Å². The number of carbonyl (C=O) groups is 2. The van der Waals surface area contributed by atoms with Gasteiger partial charge in [-0.05, 0) is 72.1 Å². The molecule has 41 heavy (non-hydrogen) atoms. The van der Waals surface area contributed by atoms with Crippen molar-refractivity contribution in [1.82, 2.24) is 10.6 Å². The molecule has 2 atom stereocenters. The first-order valence-electron chi connectivity index (χ1n) is 14.3. The third kappa shape index (κ3) is 11.1. The summed E-state index contributed by atoms with van der Waals surface area (Å²) < 4.78 is 25.1. The molecule has 0 bridgehead atoms. The maximum absolute atomic E-state index is 13.4. The average molecular weight is 597 g/mol. The number of benzene rings is 2. The Labute approximate surface area is 262 Å². The minimum absolute atomic E-state index is 0. The molecule has 1 amide bonds. The van der Waals surface area contributed by atoms with E-state index in [1.54, 1.807) is 13.0 Å². The summed E-state index contributed by atoms with van der Waals surface area (Å²) in [6.07, 6.45) is 9.07. The van der Waals surface area contributed by atoms with E-state index in [0.29, 0.717) is 30.2 Å². The van der Waals surface area contributed by atoms with Crippen LogP contribution in [0.5, 0.6) is 0 Å². The Balaban J connectivity index is 0.00000588. The summed E-state index contributed by atoms with van der Waals surface area (Å²) in [7, 11) is -3.14. The summed E-state index contributed by atoms with van der Waals surface area (Å²) >= 11 is 1.54. The Bertz CT molecular complexity index is 1250. The van der Waals surface area contributed by atoms with Crippen molar-refractivity contribution in [3.8, 4) is 11.1 Å². The molecule has 1 unspecified atom stereocenters. The van der Waals surface area contributed by atoms with Gasteiger partial charge in [0.25, 0.3) is 5.91 Å². The Morgan fingerprint density at radius 3 is 2.41 bits per heavy atom. The topological polar surface area (TPSA) is 113 Å². The van der Waals surface area contributed by atoms with Gasteiger partial charge in [0.05, 0.1) is 5.75 Å². The number of aryl methyl sites for hydroxylation is 1. The zero-order valence-electron chi connectivity index (χ0n) is 23.9. The molecule has 1 saturated carbocycles. The van der Waals surface area contributed by atoms with Gasteiger partial charge in [0, 0.05) is 23.9 Å². The molecule has 0 radical (unpaired) electrons. The Kier molecular flexibility index (Phi) is 15.0. The van der Waals surface area contributed by atoms with Crippen LogP contribution in [-0.4, -0.2) is 79.9 Å². The van der Waals surface area contributed by atoms with E-state index >= 15 is 0 Å². The van der Waals surface area contributed by atoms with E-state index in [0.717, 1.165) is 41.5 Å². The molecule has 2 aromatic rings. The van der Waals surface area contributed by atoms with Gasteiger partial charge in [0.2, 0.25) is 0 Å². The maximum atomic E-state index is 13.4. The molecular weight excluding hydrogens is 551 g/mol. The van der Waals surface area contributed by atoms with Crippen LogP contribution in [0.25, 0.3) is 11.1 Å². The van der Waals surface area contributed by atoms with Crippen LogP contribution >= 0.6 is 11.8 Å². The van der Waals surface area contributed by atoms with Crippen LogP contribution in [0.2, 0.25) is 0 Å². The number of carboxylic acid groups (broad SMARTS) is 1. The monoisotopic (exact) mass is 596 g/mol. The molecule has 1 aliphatic carbocycles. The van der Waals surface area contributed by atoms with Crippen LogP contribution in [-0.2, 0) is 21.2 Å². The van der Waals surface area contributed by atoms with E-state index in [4.69, 9.17) is 0 Å². The fourth-order valence-corrected chi connectivity index (χ4v) is 7.02. The second kappa shape index (κ2) is 17.4. The standard InChI is InChI=1S/C31H44N2O5S2.Li.H/c1-4-40(37,38)21-25(18-23-11-6-5-7-12-23)32-20-24-14-15-27(28(19-24)26-13-9-8-10-22(26)2)30(34)33-29(31(35)36)16-17-39-3;;/h8-10,13-15,19,23,25,29,32H,4-7,11-12,16-18,20-21H2,1-3H3,(H,33,34)(H,35,36);;/t25?,29-;;/m0../s1. The summed E-state index contributed by atoms with van der Waals surface area (Å²) in [5.74, 6) is -0.0480. The van der Waals surface area contributed by atoms with Crippen LogP contribution in [0.1, 0.15) is 73.4 Å². The molecule has 222 valence electrons. The summed E-state index contributed by atoms with van der Waals surface area (Å²) in [6.45, 7) is 4.15. The molecule has 0 aromatic heterocycles. The van der Waals surface area contributed by atoms with Crippen molar-refractivity contribution < 1.29 is 23.1 Å². The molecule has 0 spiro atoms. The zero-order valence-corrected chi connectivity index (χ0v) is 25.6. The summed E-state index contributed by atoms with van der Waals surface area (Å²) in [4.78, 5) is 25.1. The van der Waals surface area contributed by atoms with Gasteiger partial charge in [-0.15, -0.1) is 0 Å². The molecule has 0 saturated heterocycles. The number of thioether (sulfide) groups is 1.